The molecule has 1 saturated carbocycles. The lowest BCUT2D eigenvalue weighted by atomic mass is 10.3. The Morgan fingerprint density at radius 2 is 2.05 bits per heavy atom. The molecule has 2 rings (SSSR count). The minimum atomic E-state index is -3.39. The summed E-state index contributed by atoms with van der Waals surface area (Å²) in [6.45, 7) is 0.515. The van der Waals surface area contributed by atoms with Crippen molar-refractivity contribution < 1.29 is 8.42 Å². The van der Waals surface area contributed by atoms with Crippen LogP contribution in [0.4, 0.5) is 11.6 Å². The van der Waals surface area contributed by atoms with Crippen LogP contribution in [0, 0.1) is 0 Å². The molecule has 0 atom stereocenters. The highest BCUT2D eigenvalue weighted by Gasteiger charge is 2.27. The number of aromatic nitrogens is 2. The summed E-state index contributed by atoms with van der Waals surface area (Å²) in [4.78, 5) is 8.84. The zero-order valence-electron chi connectivity index (χ0n) is 10.9. The van der Waals surface area contributed by atoms with Gasteiger partial charge in [0, 0.05) is 25.6 Å². The number of sulfonamides is 1. The Balaban J connectivity index is 1.93. The monoisotopic (exact) mass is 285 g/mol. The molecule has 0 unspecified atom stereocenters. The van der Waals surface area contributed by atoms with Crippen LogP contribution in [-0.2, 0) is 10.0 Å². The average Bonchev–Trinajstić information content (AvgIpc) is 3.17. The first kappa shape index (κ1) is 14.0. The highest BCUT2D eigenvalue weighted by Crippen LogP contribution is 2.38. The van der Waals surface area contributed by atoms with Gasteiger partial charge >= 0.3 is 0 Å². The quantitative estimate of drug-likeness (QED) is 0.629. The number of anilines is 2. The van der Waals surface area contributed by atoms with E-state index in [0.29, 0.717) is 18.9 Å². The van der Waals surface area contributed by atoms with E-state index in [0.717, 1.165) is 30.3 Å². The molecule has 4 N–H and O–H groups in total. The number of rotatable bonds is 7. The fraction of sp³-hybridized carbons (Fsp3) is 0.636. The number of primary sulfonamides is 1. The van der Waals surface area contributed by atoms with Crippen molar-refractivity contribution >= 4 is 21.7 Å². The first-order chi connectivity index (χ1) is 8.98. The lowest BCUT2D eigenvalue weighted by Gasteiger charge is -2.09. The highest BCUT2D eigenvalue weighted by atomic mass is 32.2. The minimum Gasteiger partial charge on any atom is -0.373 e. The van der Waals surface area contributed by atoms with E-state index >= 15 is 0 Å². The molecule has 19 heavy (non-hydrogen) atoms. The Morgan fingerprint density at radius 3 is 2.63 bits per heavy atom. The van der Waals surface area contributed by atoms with E-state index in [1.165, 1.54) is 0 Å². The van der Waals surface area contributed by atoms with Crippen LogP contribution >= 0.6 is 0 Å². The van der Waals surface area contributed by atoms with Crippen LogP contribution in [0.5, 0.6) is 0 Å². The molecule has 8 heteroatoms. The number of hydrogen-bond acceptors (Lipinski definition) is 6. The molecule has 7 nitrogen and oxygen atoms in total. The predicted molar refractivity (Wildman–Crippen MR) is 74.6 cm³/mol. The van der Waals surface area contributed by atoms with Gasteiger partial charge in [0.1, 0.15) is 17.5 Å². The number of nitrogens with zero attached hydrogens (tertiary/aromatic N) is 2. The molecule has 1 fully saturated rings. The molecular formula is C11H19N5O2S. The summed E-state index contributed by atoms with van der Waals surface area (Å²) in [6.07, 6.45) is 2.73. The van der Waals surface area contributed by atoms with E-state index in [4.69, 9.17) is 5.14 Å². The average molecular weight is 285 g/mol. The zero-order chi connectivity index (χ0) is 13.9. The molecule has 106 valence electrons. The van der Waals surface area contributed by atoms with Crippen LogP contribution in [0.1, 0.15) is 31.0 Å². The fourth-order valence-electron chi connectivity index (χ4n) is 1.70. The third-order valence-electron chi connectivity index (χ3n) is 2.85. The van der Waals surface area contributed by atoms with Crippen molar-refractivity contribution in [2.75, 3.05) is 30.0 Å². The third kappa shape index (κ3) is 4.64. The van der Waals surface area contributed by atoms with Gasteiger partial charge in [-0.3, -0.25) is 0 Å². The van der Waals surface area contributed by atoms with Crippen LogP contribution in [0.25, 0.3) is 0 Å². The van der Waals surface area contributed by atoms with E-state index in [-0.39, 0.29) is 5.75 Å². The van der Waals surface area contributed by atoms with Gasteiger partial charge in [-0.15, -0.1) is 0 Å². The Bertz CT molecular complexity index is 542. The normalized spacial score (nSPS) is 15.3. The molecule has 0 radical (unpaired) electrons. The minimum absolute atomic E-state index is 0.0283. The molecule has 0 aliphatic heterocycles. The van der Waals surface area contributed by atoms with Crippen molar-refractivity contribution in [1.82, 2.24) is 9.97 Å². The first-order valence-electron chi connectivity index (χ1n) is 6.29. The molecule has 1 aliphatic rings. The molecule has 1 aromatic rings. The summed E-state index contributed by atoms with van der Waals surface area (Å²) in [5.41, 5.74) is 0. The van der Waals surface area contributed by atoms with Gasteiger partial charge in [0.05, 0.1) is 5.75 Å². The van der Waals surface area contributed by atoms with Crippen LogP contribution in [0.2, 0.25) is 0 Å². The van der Waals surface area contributed by atoms with Crippen molar-refractivity contribution in [2.24, 2.45) is 5.14 Å². The van der Waals surface area contributed by atoms with Crippen LogP contribution < -0.4 is 15.8 Å². The predicted octanol–water partition coefficient (Wildman–Crippen LogP) is 0.486. The van der Waals surface area contributed by atoms with Crippen LogP contribution in [-0.4, -0.2) is 37.7 Å². The van der Waals surface area contributed by atoms with E-state index in [2.05, 4.69) is 20.6 Å². The number of nitrogens with one attached hydrogen (secondary N) is 2. The van der Waals surface area contributed by atoms with Gasteiger partial charge in [0.25, 0.3) is 0 Å². The molecule has 1 aliphatic carbocycles. The van der Waals surface area contributed by atoms with Crippen molar-refractivity contribution in [2.45, 2.75) is 25.2 Å². The lowest BCUT2D eigenvalue weighted by Crippen LogP contribution is -2.19. The molecular weight excluding hydrogens is 266 g/mol. The van der Waals surface area contributed by atoms with Gasteiger partial charge in [-0.05, 0) is 19.3 Å². The van der Waals surface area contributed by atoms with E-state index in [9.17, 15) is 8.42 Å². The van der Waals surface area contributed by atoms with Crippen molar-refractivity contribution in [1.29, 1.82) is 0 Å². The Kier molecular flexibility index (Phi) is 4.20. The van der Waals surface area contributed by atoms with Crippen molar-refractivity contribution in [3.8, 4) is 0 Å². The summed E-state index contributed by atoms with van der Waals surface area (Å²) in [5, 5.41) is 11.0. The van der Waals surface area contributed by atoms with Gasteiger partial charge in [0.15, 0.2) is 0 Å². The Hall–Kier alpha value is -1.41. The number of hydrogen-bond donors (Lipinski definition) is 3. The molecule has 0 bridgehead atoms. The standard InChI is InChI=1S/C11H19N5O2S/c1-13-9-7-10(14-5-2-6-19(12,17)18)16-11(15-9)8-3-4-8/h7-8H,2-6H2,1H3,(H2,12,17,18)(H2,13,14,15,16). The van der Waals surface area contributed by atoms with Gasteiger partial charge < -0.3 is 10.6 Å². The number of nitrogens with two attached hydrogens (primary N) is 1. The zero-order valence-corrected chi connectivity index (χ0v) is 11.7. The van der Waals surface area contributed by atoms with Gasteiger partial charge in [-0.1, -0.05) is 0 Å². The lowest BCUT2D eigenvalue weighted by molar-refractivity contribution is 0.595. The molecule has 0 aromatic carbocycles. The molecule has 0 amide bonds. The maximum atomic E-state index is 10.8. The maximum absolute atomic E-state index is 10.8. The molecule has 0 spiro atoms. The van der Waals surface area contributed by atoms with E-state index in [1.807, 2.05) is 13.1 Å². The fourth-order valence-corrected chi connectivity index (χ4v) is 2.25. The topological polar surface area (TPSA) is 110 Å². The smallest absolute Gasteiger partial charge is 0.209 e. The Morgan fingerprint density at radius 1 is 1.37 bits per heavy atom. The third-order valence-corrected chi connectivity index (χ3v) is 3.71. The van der Waals surface area contributed by atoms with Gasteiger partial charge in [-0.25, -0.2) is 23.5 Å². The second kappa shape index (κ2) is 5.70. The van der Waals surface area contributed by atoms with Crippen LogP contribution in [0.3, 0.4) is 0 Å². The van der Waals surface area contributed by atoms with E-state index < -0.39 is 10.0 Å². The summed E-state index contributed by atoms with van der Waals surface area (Å²) < 4.78 is 21.6. The largest absolute Gasteiger partial charge is 0.373 e. The summed E-state index contributed by atoms with van der Waals surface area (Å²) in [7, 11) is -1.58. The summed E-state index contributed by atoms with van der Waals surface area (Å²) in [6, 6.07) is 1.81. The highest BCUT2D eigenvalue weighted by molar-refractivity contribution is 7.89. The second-order valence-electron chi connectivity index (χ2n) is 4.67. The molecule has 1 heterocycles. The SMILES string of the molecule is CNc1cc(NCCCS(N)(=O)=O)nc(C2CC2)n1. The van der Waals surface area contributed by atoms with Crippen molar-refractivity contribution in [3.63, 3.8) is 0 Å². The summed E-state index contributed by atoms with van der Waals surface area (Å²) >= 11 is 0. The Labute approximate surface area is 113 Å². The van der Waals surface area contributed by atoms with E-state index in [1.54, 1.807) is 0 Å². The van der Waals surface area contributed by atoms with Gasteiger partial charge in [0.2, 0.25) is 10.0 Å². The molecule has 0 saturated heterocycles. The first-order valence-corrected chi connectivity index (χ1v) is 8.00. The summed E-state index contributed by atoms with van der Waals surface area (Å²) in [5.74, 6) is 2.78. The van der Waals surface area contributed by atoms with Crippen LogP contribution in [0.15, 0.2) is 6.07 Å². The maximum Gasteiger partial charge on any atom is 0.209 e. The van der Waals surface area contributed by atoms with Gasteiger partial charge in [-0.2, -0.15) is 0 Å². The van der Waals surface area contributed by atoms with Crippen molar-refractivity contribution in [3.05, 3.63) is 11.9 Å². The molecule has 1 aromatic heterocycles. The second-order valence-corrected chi connectivity index (χ2v) is 6.40.